The van der Waals surface area contributed by atoms with Crippen LogP contribution in [0.15, 0.2) is 46.9 Å². The van der Waals surface area contributed by atoms with Gasteiger partial charge in [0.05, 0.1) is 11.3 Å². The topological polar surface area (TPSA) is 83.7 Å². The van der Waals surface area contributed by atoms with E-state index in [0.717, 1.165) is 28.7 Å². The fourth-order valence-corrected chi connectivity index (χ4v) is 4.35. The predicted octanol–water partition coefficient (Wildman–Crippen LogP) is 3.80. The summed E-state index contributed by atoms with van der Waals surface area (Å²) in [7, 11) is 2.01. The Hall–Kier alpha value is -2.25. The van der Waals surface area contributed by atoms with E-state index in [4.69, 9.17) is 0 Å². The van der Waals surface area contributed by atoms with Gasteiger partial charge in [-0.15, -0.1) is 0 Å². The van der Waals surface area contributed by atoms with Crippen molar-refractivity contribution in [3.05, 3.63) is 73.7 Å². The lowest BCUT2D eigenvalue weighted by Crippen LogP contribution is -2.15. The van der Waals surface area contributed by atoms with Crippen molar-refractivity contribution in [2.24, 2.45) is 0 Å². The number of benzene rings is 2. The van der Waals surface area contributed by atoms with Crippen LogP contribution < -0.4 is 0 Å². The monoisotopic (exact) mass is 418 g/mol. The molecule has 1 aliphatic heterocycles. The van der Waals surface area contributed by atoms with Gasteiger partial charge in [-0.2, -0.15) is 0 Å². The number of carboxylic acids is 1. The first kappa shape index (κ1) is 18.5. The Bertz CT molecular complexity index is 855. The molecule has 1 aliphatic rings. The SMILES string of the molecule is CN1C[C@H](c2ccccc2Br)[C@@H](c2cc([N+](=O)[O-])ccc2CC(=O)O)C1. The second kappa shape index (κ2) is 7.55. The lowest BCUT2D eigenvalue weighted by atomic mass is 9.81. The van der Waals surface area contributed by atoms with Crippen molar-refractivity contribution in [3.8, 4) is 0 Å². The third kappa shape index (κ3) is 3.78. The highest BCUT2D eigenvalue weighted by atomic mass is 79.9. The Balaban J connectivity index is 2.09. The van der Waals surface area contributed by atoms with Crippen LogP contribution in [-0.4, -0.2) is 41.0 Å². The number of non-ortho nitro benzene ring substituents is 1. The summed E-state index contributed by atoms with van der Waals surface area (Å²) in [5.74, 6) is -0.818. The Morgan fingerprint density at radius 2 is 1.88 bits per heavy atom. The van der Waals surface area contributed by atoms with Crippen molar-refractivity contribution < 1.29 is 14.8 Å². The number of hydrogen-bond donors (Lipinski definition) is 1. The van der Waals surface area contributed by atoms with Gasteiger partial charge in [0, 0.05) is 41.5 Å². The van der Waals surface area contributed by atoms with Crippen molar-refractivity contribution in [1.29, 1.82) is 0 Å². The smallest absolute Gasteiger partial charge is 0.307 e. The molecule has 0 aliphatic carbocycles. The number of carboxylic acid groups (broad SMARTS) is 1. The van der Waals surface area contributed by atoms with E-state index in [1.807, 2.05) is 25.2 Å². The maximum atomic E-state index is 11.3. The van der Waals surface area contributed by atoms with Crippen molar-refractivity contribution in [1.82, 2.24) is 4.90 Å². The number of aliphatic carboxylic acids is 1. The molecule has 0 aromatic heterocycles. The van der Waals surface area contributed by atoms with E-state index < -0.39 is 10.9 Å². The molecular weight excluding hydrogens is 400 g/mol. The Labute approximate surface area is 159 Å². The van der Waals surface area contributed by atoms with Crippen LogP contribution in [0.2, 0.25) is 0 Å². The molecule has 3 rings (SSSR count). The van der Waals surface area contributed by atoms with Crippen LogP contribution in [0, 0.1) is 10.1 Å². The number of likely N-dealkylation sites (tertiary alicyclic amines) is 1. The number of rotatable bonds is 5. The predicted molar refractivity (Wildman–Crippen MR) is 102 cm³/mol. The van der Waals surface area contributed by atoms with Gasteiger partial charge in [-0.05, 0) is 29.8 Å². The van der Waals surface area contributed by atoms with Crippen molar-refractivity contribution >= 4 is 27.6 Å². The van der Waals surface area contributed by atoms with Crippen molar-refractivity contribution in [3.63, 3.8) is 0 Å². The summed E-state index contributed by atoms with van der Waals surface area (Å²) in [6, 6.07) is 12.5. The molecule has 0 radical (unpaired) electrons. The zero-order chi connectivity index (χ0) is 18.8. The first-order valence-electron chi connectivity index (χ1n) is 8.28. The Kier molecular flexibility index (Phi) is 5.38. The van der Waals surface area contributed by atoms with Gasteiger partial charge in [0.2, 0.25) is 0 Å². The summed E-state index contributed by atoms with van der Waals surface area (Å²) in [4.78, 5) is 24.3. The van der Waals surface area contributed by atoms with E-state index in [-0.39, 0.29) is 23.9 Å². The van der Waals surface area contributed by atoms with Crippen LogP contribution in [0.3, 0.4) is 0 Å². The zero-order valence-electron chi connectivity index (χ0n) is 14.3. The average molecular weight is 419 g/mol. The second-order valence-corrected chi connectivity index (χ2v) is 7.52. The van der Waals surface area contributed by atoms with Gasteiger partial charge in [-0.1, -0.05) is 40.2 Å². The largest absolute Gasteiger partial charge is 0.481 e. The van der Waals surface area contributed by atoms with Crippen LogP contribution in [0.25, 0.3) is 0 Å². The minimum atomic E-state index is -0.941. The number of nitrogens with zero attached hydrogens (tertiary/aromatic N) is 2. The Morgan fingerprint density at radius 1 is 1.23 bits per heavy atom. The summed E-state index contributed by atoms with van der Waals surface area (Å²) in [5, 5.41) is 20.5. The van der Waals surface area contributed by atoms with E-state index in [1.165, 1.54) is 6.07 Å². The standard InChI is InChI=1S/C19H19BrN2O4/c1-21-10-16(14-4-2-3-5-18(14)20)17(11-21)15-9-13(22(25)26)7-6-12(15)8-19(23)24/h2-7,9,16-17H,8,10-11H2,1H3,(H,23,24)/t16-,17-/m1/s1. The summed E-state index contributed by atoms with van der Waals surface area (Å²) in [6.07, 6.45) is -0.143. The highest BCUT2D eigenvalue weighted by molar-refractivity contribution is 9.10. The van der Waals surface area contributed by atoms with Crippen LogP contribution in [0.4, 0.5) is 5.69 Å². The summed E-state index contributed by atoms with van der Waals surface area (Å²) in [5.41, 5.74) is 2.52. The third-order valence-electron chi connectivity index (χ3n) is 4.89. The van der Waals surface area contributed by atoms with Crippen LogP contribution in [0.1, 0.15) is 28.5 Å². The molecular formula is C19H19BrN2O4. The molecule has 2 aromatic rings. The molecule has 0 bridgehead atoms. The lowest BCUT2D eigenvalue weighted by Gasteiger charge is -2.22. The summed E-state index contributed by atoms with van der Waals surface area (Å²) >= 11 is 3.60. The molecule has 0 amide bonds. The first-order chi connectivity index (χ1) is 12.4. The molecule has 0 spiro atoms. The molecule has 0 unspecified atom stereocenters. The average Bonchev–Trinajstić information content (AvgIpc) is 2.96. The van der Waals surface area contributed by atoms with Crippen LogP contribution >= 0.6 is 15.9 Å². The van der Waals surface area contributed by atoms with Gasteiger partial charge in [0.1, 0.15) is 0 Å². The molecule has 2 atom stereocenters. The molecule has 1 saturated heterocycles. The molecule has 136 valence electrons. The van der Waals surface area contributed by atoms with Gasteiger partial charge in [0.25, 0.3) is 5.69 Å². The number of likely N-dealkylation sites (N-methyl/N-ethyl adjacent to an activating group) is 1. The fraction of sp³-hybridized carbons (Fsp3) is 0.316. The number of halogens is 1. The maximum Gasteiger partial charge on any atom is 0.307 e. The zero-order valence-corrected chi connectivity index (χ0v) is 15.8. The Morgan fingerprint density at radius 3 is 2.50 bits per heavy atom. The third-order valence-corrected chi connectivity index (χ3v) is 5.61. The summed E-state index contributed by atoms with van der Waals surface area (Å²) in [6.45, 7) is 1.53. The van der Waals surface area contributed by atoms with Crippen LogP contribution in [0.5, 0.6) is 0 Å². The fourth-order valence-electron chi connectivity index (χ4n) is 3.77. The summed E-state index contributed by atoms with van der Waals surface area (Å²) < 4.78 is 0.996. The van der Waals surface area contributed by atoms with E-state index >= 15 is 0 Å². The molecule has 26 heavy (non-hydrogen) atoms. The minimum absolute atomic E-state index is 0.00503. The normalized spacial score (nSPS) is 20.2. The number of nitro benzene ring substituents is 1. The van der Waals surface area contributed by atoms with E-state index in [9.17, 15) is 20.0 Å². The molecule has 2 aromatic carbocycles. The first-order valence-corrected chi connectivity index (χ1v) is 9.08. The number of nitro groups is 1. The van der Waals surface area contributed by atoms with Crippen LogP contribution in [-0.2, 0) is 11.2 Å². The van der Waals surface area contributed by atoms with Gasteiger partial charge < -0.3 is 10.0 Å². The highest BCUT2D eigenvalue weighted by Gasteiger charge is 2.36. The van der Waals surface area contributed by atoms with Gasteiger partial charge in [-0.25, -0.2) is 0 Å². The minimum Gasteiger partial charge on any atom is -0.481 e. The van der Waals surface area contributed by atoms with Crippen molar-refractivity contribution in [2.75, 3.05) is 20.1 Å². The van der Waals surface area contributed by atoms with E-state index in [0.29, 0.717) is 5.56 Å². The molecule has 1 N–H and O–H groups in total. The number of hydrogen-bond acceptors (Lipinski definition) is 4. The second-order valence-electron chi connectivity index (χ2n) is 6.67. The molecule has 1 fully saturated rings. The van der Waals surface area contributed by atoms with Crippen molar-refractivity contribution in [2.45, 2.75) is 18.3 Å². The maximum absolute atomic E-state index is 11.3. The lowest BCUT2D eigenvalue weighted by molar-refractivity contribution is -0.384. The van der Waals surface area contributed by atoms with E-state index in [1.54, 1.807) is 12.1 Å². The highest BCUT2D eigenvalue weighted by Crippen LogP contribution is 2.43. The molecule has 1 heterocycles. The molecule has 7 heteroatoms. The van der Waals surface area contributed by atoms with E-state index in [2.05, 4.69) is 26.9 Å². The van der Waals surface area contributed by atoms with Gasteiger partial charge in [-0.3, -0.25) is 14.9 Å². The molecule has 0 saturated carbocycles. The quantitative estimate of drug-likeness (QED) is 0.589. The molecule has 6 nitrogen and oxygen atoms in total. The van der Waals surface area contributed by atoms with Gasteiger partial charge >= 0.3 is 5.97 Å². The van der Waals surface area contributed by atoms with Gasteiger partial charge in [0.15, 0.2) is 0 Å². The number of carbonyl (C=O) groups is 1.